The Morgan fingerprint density at radius 1 is 1.29 bits per heavy atom. The lowest BCUT2D eigenvalue weighted by atomic mass is 9.90. The van der Waals surface area contributed by atoms with Crippen LogP contribution in [0.3, 0.4) is 0 Å². The second kappa shape index (κ2) is 9.79. The molecule has 1 N–H and O–H groups in total. The molecule has 2 aliphatic rings. The Bertz CT molecular complexity index is 1240. The number of nitriles is 1. The number of nitrogens with one attached hydrogen (secondary N) is 1. The Labute approximate surface area is 204 Å². The molecule has 0 spiro atoms. The number of thioether (sulfide) groups is 1. The molecule has 0 bridgehead atoms. The second-order valence-corrected chi connectivity index (χ2v) is 10.3. The number of pyridine rings is 2. The molecule has 0 saturated carbocycles. The number of ether oxygens (including phenoxy) is 2. The van der Waals surface area contributed by atoms with Crippen LogP contribution in [0, 0.1) is 16.7 Å². The van der Waals surface area contributed by atoms with E-state index in [2.05, 4.69) is 39.2 Å². The van der Waals surface area contributed by atoms with Gasteiger partial charge in [0.05, 0.1) is 35.0 Å². The van der Waals surface area contributed by atoms with Crippen LogP contribution in [0.25, 0.3) is 10.9 Å². The van der Waals surface area contributed by atoms with Crippen molar-refractivity contribution in [1.82, 2.24) is 20.2 Å². The lowest BCUT2D eigenvalue weighted by molar-refractivity contribution is 0.268. The Morgan fingerprint density at radius 2 is 2.21 bits per heavy atom. The molecule has 3 aromatic rings. The number of fused-ring (bicyclic) bond motifs is 2. The van der Waals surface area contributed by atoms with Crippen LogP contribution >= 0.6 is 11.8 Å². The molecule has 1 fully saturated rings. The summed E-state index contributed by atoms with van der Waals surface area (Å²) >= 11 is 1.72. The van der Waals surface area contributed by atoms with Gasteiger partial charge < -0.3 is 19.7 Å². The lowest BCUT2D eigenvalue weighted by Gasteiger charge is -2.25. The van der Waals surface area contributed by atoms with E-state index in [4.69, 9.17) is 9.47 Å². The van der Waals surface area contributed by atoms with Crippen molar-refractivity contribution >= 4 is 22.7 Å². The second-order valence-electron chi connectivity index (χ2n) is 9.36. The highest BCUT2D eigenvalue weighted by Gasteiger charge is 2.33. The average Bonchev–Trinajstić information content (AvgIpc) is 3.48. The van der Waals surface area contributed by atoms with Gasteiger partial charge in [-0.2, -0.15) is 5.26 Å². The highest BCUT2D eigenvalue weighted by Crippen LogP contribution is 2.35. The fourth-order valence-corrected chi connectivity index (χ4v) is 5.67. The summed E-state index contributed by atoms with van der Waals surface area (Å²) in [4.78, 5) is 12.7. The van der Waals surface area contributed by atoms with Gasteiger partial charge in [0.1, 0.15) is 17.8 Å². The van der Waals surface area contributed by atoms with Crippen molar-refractivity contribution < 1.29 is 9.47 Å². The number of aromatic nitrogens is 2. The molecular formula is C26H29N5O2S. The first-order valence-corrected chi connectivity index (χ1v) is 12.6. The Hall–Kier alpha value is -2.86. The van der Waals surface area contributed by atoms with Crippen molar-refractivity contribution in [2.24, 2.45) is 5.41 Å². The first-order chi connectivity index (χ1) is 16.6. The van der Waals surface area contributed by atoms with Crippen molar-refractivity contribution in [3.05, 3.63) is 53.5 Å². The van der Waals surface area contributed by atoms with E-state index >= 15 is 0 Å². The zero-order valence-corrected chi connectivity index (χ0v) is 20.5. The first kappa shape index (κ1) is 22.9. The molecule has 34 heavy (non-hydrogen) atoms. The third-order valence-corrected chi connectivity index (χ3v) is 7.66. The molecule has 4 heterocycles. The van der Waals surface area contributed by atoms with Gasteiger partial charge in [0.15, 0.2) is 5.75 Å². The van der Waals surface area contributed by atoms with Crippen LogP contribution in [0.1, 0.15) is 30.2 Å². The molecular weight excluding hydrogens is 446 g/mol. The van der Waals surface area contributed by atoms with Gasteiger partial charge >= 0.3 is 0 Å². The van der Waals surface area contributed by atoms with E-state index in [9.17, 15) is 5.26 Å². The van der Waals surface area contributed by atoms with E-state index in [0.29, 0.717) is 11.5 Å². The number of benzene rings is 1. The van der Waals surface area contributed by atoms with Gasteiger partial charge in [0.25, 0.3) is 0 Å². The molecule has 1 saturated heterocycles. The van der Waals surface area contributed by atoms with Gasteiger partial charge in [-0.15, -0.1) is 0 Å². The predicted octanol–water partition coefficient (Wildman–Crippen LogP) is 4.00. The Morgan fingerprint density at radius 3 is 3.06 bits per heavy atom. The summed E-state index contributed by atoms with van der Waals surface area (Å²) in [6, 6.07) is 10.3. The highest BCUT2D eigenvalue weighted by atomic mass is 32.2. The largest absolute Gasteiger partial charge is 0.497 e. The molecule has 5 rings (SSSR count). The van der Waals surface area contributed by atoms with E-state index in [-0.39, 0.29) is 5.41 Å². The molecule has 176 valence electrons. The normalized spacial score (nSPS) is 19.7. The fraction of sp³-hybridized carbons (Fsp3) is 0.423. The molecule has 2 aliphatic heterocycles. The average molecular weight is 476 g/mol. The van der Waals surface area contributed by atoms with Crippen LogP contribution in [0.2, 0.25) is 0 Å². The number of nitrogens with zero attached hydrogens (tertiary/aromatic N) is 4. The molecule has 0 amide bonds. The SMILES string of the molecule is COc1ccc2ncc(C#N)c(CCN3CCC(C)(CNCc4cc5c(cn4)OCS5)C3)c2c1. The zero-order valence-electron chi connectivity index (χ0n) is 19.6. The van der Waals surface area contributed by atoms with Crippen LogP contribution in [0.15, 0.2) is 41.6 Å². The van der Waals surface area contributed by atoms with Gasteiger partial charge in [-0.1, -0.05) is 18.7 Å². The number of methoxy groups -OCH3 is 1. The van der Waals surface area contributed by atoms with E-state index in [1.807, 2.05) is 24.4 Å². The monoisotopic (exact) mass is 475 g/mol. The summed E-state index contributed by atoms with van der Waals surface area (Å²) in [6.07, 6.45) is 5.49. The zero-order chi connectivity index (χ0) is 23.5. The third kappa shape index (κ3) is 4.83. The number of likely N-dealkylation sites (tertiary alicyclic amines) is 1. The van der Waals surface area contributed by atoms with Gasteiger partial charge in [-0.3, -0.25) is 9.97 Å². The van der Waals surface area contributed by atoms with Crippen LogP contribution in [-0.2, 0) is 13.0 Å². The summed E-state index contributed by atoms with van der Waals surface area (Å²) in [5, 5.41) is 14.3. The highest BCUT2D eigenvalue weighted by molar-refractivity contribution is 7.99. The molecule has 2 aromatic heterocycles. The summed E-state index contributed by atoms with van der Waals surface area (Å²) in [5.41, 5.74) is 3.88. The molecule has 7 nitrogen and oxygen atoms in total. The molecule has 1 atom stereocenters. The number of rotatable bonds is 8. The minimum absolute atomic E-state index is 0.218. The molecule has 1 unspecified atom stereocenters. The summed E-state index contributed by atoms with van der Waals surface area (Å²) in [6.45, 7) is 7.09. The van der Waals surface area contributed by atoms with Crippen molar-refractivity contribution in [2.75, 3.05) is 39.2 Å². The number of hydrogen-bond donors (Lipinski definition) is 1. The van der Waals surface area contributed by atoms with Gasteiger partial charge in [-0.25, -0.2) is 0 Å². The maximum absolute atomic E-state index is 9.67. The van der Waals surface area contributed by atoms with Crippen LogP contribution in [0.4, 0.5) is 0 Å². The quantitative estimate of drug-likeness (QED) is 0.524. The number of hydrogen-bond acceptors (Lipinski definition) is 8. The first-order valence-electron chi connectivity index (χ1n) is 11.6. The van der Waals surface area contributed by atoms with Crippen molar-refractivity contribution in [1.29, 1.82) is 5.26 Å². The maximum Gasteiger partial charge on any atom is 0.152 e. The van der Waals surface area contributed by atoms with Gasteiger partial charge in [0, 0.05) is 37.8 Å². The third-order valence-electron chi connectivity index (χ3n) is 6.80. The minimum atomic E-state index is 0.218. The van der Waals surface area contributed by atoms with E-state index < -0.39 is 0 Å². The Kier molecular flexibility index (Phi) is 6.59. The van der Waals surface area contributed by atoms with Crippen molar-refractivity contribution in [2.45, 2.75) is 31.2 Å². The van der Waals surface area contributed by atoms with Crippen LogP contribution in [-0.4, -0.2) is 54.1 Å². The van der Waals surface area contributed by atoms with Gasteiger partial charge in [0.2, 0.25) is 0 Å². The van der Waals surface area contributed by atoms with Crippen molar-refractivity contribution in [3.8, 4) is 17.6 Å². The van der Waals surface area contributed by atoms with Gasteiger partial charge in [-0.05, 0) is 54.6 Å². The predicted molar refractivity (Wildman–Crippen MR) is 133 cm³/mol. The summed E-state index contributed by atoms with van der Waals surface area (Å²) in [5.74, 6) is 2.36. The molecule has 0 aliphatic carbocycles. The maximum atomic E-state index is 9.67. The molecule has 8 heteroatoms. The lowest BCUT2D eigenvalue weighted by Crippen LogP contribution is -2.35. The minimum Gasteiger partial charge on any atom is -0.497 e. The van der Waals surface area contributed by atoms with Crippen molar-refractivity contribution in [3.63, 3.8) is 0 Å². The topological polar surface area (TPSA) is 83.3 Å². The fourth-order valence-electron chi connectivity index (χ4n) is 4.88. The van der Waals surface area contributed by atoms with E-state index in [1.165, 1.54) is 4.90 Å². The summed E-state index contributed by atoms with van der Waals surface area (Å²) < 4.78 is 10.9. The standard InChI is InChI=1S/C26H29N5O2S/c1-26(15-28-13-19-9-25-24(14-29-19)33-17-34-25)6-8-31(16-26)7-5-21-18(11-27)12-30-23-4-3-20(32-2)10-22(21)23/h3-4,9-10,12,14,28H,5-8,13,15-17H2,1-2H3. The smallest absolute Gasteiger partial charge is 0.152 e. The van der Waals surface area contributed by atoms with Crippen LogP contribution in [0.5, 0.6) is 11.5 Å². The molecule has 0 radical (unpaired) electrons. The van der Waals surface area contributed by atoms with E-state index in [1.54, 1.807) is 25.1 Å². The summed E-state index contributed by atoms with van der Waals surface area (Å²) in [7, 11) is 1.66. The van der Waals surface area contributed by atoms with E-state index in [0.717, 1.165) is 79.2 Å². The Balaban J connectivity index is 1.19. The molecule has 1 aromatic carbocycles. The van der Waals surface area contributed by atoms with Crippen LogP contribution < -0.4 is 14.8 Å².